The average Bonchev–Trinajstić information content (AvgIpc) is 3.56. The molecule has 0 spiro atoms. The number of para-hydroxylation sites is 1. The zero-order valence-electron chi connectivity index (χ0n) is 27.6. The van der Waals surface area contributed by atoms with E-state index < -0.39 is 147 Å². The first-order valence-electron chi connectivity index (χ1n) is 15.8. The standard InChI is InChI=1S/C38H24O18/c39-22-15-13(8-5-6-12-10(7-8)9-3-1-2-4-11(9)56-12)16-18(25(42)35(52)33(50)23(16)40)14(17(15)24(41)34(51)32(22)49)19-26(43)28(45)20(29(46)27(19)44)21-30(47)36(53)38(55)37(54)31(21)48/h1-7,39-55H. The molecule has 284 valence electrons. The summed E-state index contributed by atoms with van der Waals surface area (Å²) in [6.45, 7) is 0. The molecule has 0 aliphatic rings. The van der Waals surface area contributed by atoms with Crippen LogP contribution in [0.4, 0.5) is 0 Å². The van der Waals surface area contributed by atoms with E-state index in [0.717, 1.165) is 0 Å². The van der Waals surface area contributed by atoms with E-state index in [1.54, 1.807) is 24.3 Å². The Balaban J connectivity index is 1.63. The van der Waals surface area contributed by atoms with E-state index in [1.807, 2.05) is 0 Å². The second kappa shape index (κ2) is 11.2. The highest BCUT2D eigenvalue weighted by Crippen LogP contribution is 2.67. The lowest BCUT2D eigenvalue weighted by Crippen LogP contribution is -1.96. The summed E-state index contributed by atoms with van der Waals surface area (Å²) in [5.74, 6) is -24.8. The molecular formula is C38H24O18. The first kappa shape index (κ1) is 34.5. The Morgan fingerprint density at radius 1 is 0.268 bits per heavy atom. The van der Waals surface area contributed by atoms with Gasteiger partial charge < -0.3 is 91.2 Å². The van der Waals surface area contributed by atoms with Crippen molar-refractivity contribution in [3.8, 4) is 131 Å². The van der Waals surface area contributed by atoms with E-state index in [0.29, 0.717) is 21.9 Å². The Morgan fingerprint density at radius 3 is 1.04 bits per heavy atom. The molecule has 18 heteroatoms. The molecule has 0 aliphatic heterocycles. The number of phenolic OH excluding ortho intramolecular Hbond substituents is 17. The van der Waals surface area contributed by atoms with E-state index >= 15 is 0 Å². The molecule has 1 aromatic heterocycles. The van der Waals surface area contributed by atoms with Crippen LogP contribution < -0.4 is 0 Å². The van der Waals surface area contributed by atoms with Crippen molar-refractivity contribution >= 4 is 43.5 Å². The minimum absolute atomic E-state index is 0.0300. The van der Waals surface area contributed by atoms with Gasteiger partial charge in [-0.2, -0.15) is 0 Å². The van der Waals surface area contributed by atoms with Crippen LogP contribution in [-0.4, -0.2) is 86.8 Å². The van der Waals surface area contributed by atoms with Crippen molar-refractivity contribution in [2.45, 2.75) is 0 Å². The van der Waals surface area contributed by atoms with Crippen LogP contribution in [0.2, 0.25) is 0 Å². The summed E-state index contributed by atoms with van der Waals surface area (Å²) in [6, 6.07) is 11.0. The smallest absolute Gasteiger partial charge is 0.208 e. The Hall–Kier alpha value is -8.54. The van der Waals surface area contributed by atoms with E-state index in [1.165, 1.54) is 18.2 Å². The summed E-state index contributed by atoms with van der Waals surface area (Å²) < 4.78 is 5.88. The van der Waals surface area contributed by atoms with Crippen molar-refractivity contribution in [2.24, 2.45) is 0 Å². The molecule has 8 rings (SSSR count). The quantitative estimate of drug-likeness (QED) is 0.0565. The van der Waals surface area contributed by atoms with Crippen LogP contribution in [0.1, 0.15) is 0 Å². The van der Waals surface area contributed by atoms with Crippen LogP contribution in [0.25, 0.3) is 76.9 Å². The van der Waals surface area contributed by atoms with Crippen molar-refractivity contribution in [1.82, 2.24) is 0 Å². The van der Waals surface area contributed by atoms with Gasteiger partial charge in [-0.1, -0.05) is 24.3 Å². The van der Waals surface area contributed by atoms with Gasteiger partial charge in [-0.05, 0) is 23.8 Å². The van der Waals surface area contributed by atoms with Crippen molar-refractivity contribution < 1.29 is 91.2 Å². The number of phenols is 17. The number of hydrogen-bond acceptors (Lipinski definition) is 18. The molecular weight excluding hydrogens is 744 g/mol. The lowest BCUT2D eigenvalue weighted by Gasteiger charge is -2.24. The monoisotopic (exact) mass is 768 g/mol. The fourth-order valence-electron chi connectivity index (χ4n) is 7.13. The molecule has 56 heavy (non-hydrogen) atoms. The lowest BCUT2D eigenvalue weighted by atomic mass is 9.82. The average molecular weight is 769 g/mol. The van der Waals surface area contributed by atoms with Gasteiger partial charge in [-0.15, -0.1) is 0 Å². The SMILES string of the molecule is Oc1c(O)c(O)c(-c2c(O)c(O)c(-c3c4c(O)c(O)c(O)c(O)c4c(-c4ccc5oc6ccccc6c5c4)c4c(O)c(O)c(O)c(O)c34)c(O)c2O)c(O)c1O. The normalized spacial score (nSPS) is 11.7. The summed E-state index contributed by atoms with van der Waals surface area (Å²) in [7, 11) is 0. The highest BCUT2D eigenvalue weighted by atomic mass is 16.4. The zero-order chi connectivity index (χ0) is 40.6. The molecule has 18 nitrogen and oxygen atoms in total. The van der Waals surface area contributed by atoms with E-state index in [4.69, 9.17) is 4.42 Å². The topological polar surface area (TPSA) is 357 Å². The third-order valence-corrected chi connectivity index (χ3v) is 9.73. The molecule has 0 aliphatic carbocycles. The summed E-state index contributed by atoms with van der Waals surface area (Å²) >= 11 is 0. The van der Waals surface area contributed by atoms with Gasteiger partial charge in [0.1, 0.15) is 11.2 Å². The molecule has 8 aromatic rings. The summed E-state index contributed by atoms with van der Waals surface area (Å²) in [5, 5.41) is 184. The van der Waals surface area contributed by atoms with Gasteiger partial charge in [0.15, 0.2) is 57.5 Å². The first-order valence-corrected chi connectivity index (χ1v) is 15.8. The molecule has 0 fully saturated rings. The van der Waals surface area contributed by atoms with Gasteiger partial charge in [0, 0.05) is 43.4 Å². The van der Waals surface area contributed by atoms with Crippen molar-refractivity contribution in [2.75, 3.05) is 0 Å². The van der Waals surface area contributed by atoms with E-state index in [9.17, 15) is 86.8 Å². The number of hydrogen-bond donors (Lipinski definition) is 17. The maximum atomic E-state index is 11.6. The van der Waals surface area contributed by atoms with Gasteiger partial charge in [0.25, 0.3) is 0 Å². The number of rotatable bonds is 3. The minimum Gasteiger partial charge on any atom is -0.504 e. The molecule has 1 heterocycles. The number of benzene rings is 7. The molecule has 0 saturated carbocycles. The molecule has 0 atom stereocenters. The van der Waals surface area contributed by atoms with Crippen LogP contribution in [0, 0.1) is 0 Å². The van der Waals surface area contributed by atoms with Gasteiger partial charge in [-0.25, -0.2) is 0 Å². The second-order valence-electron chi connectivity index (χ2n) is 12.6. The largest absolute Gasteiger partial charge is 0.504 e. The van der Waals surface area contributed by atoms with Crippen LogP contribution in [-0.2, 0) is 0 Å². The predicted molar refractivity (Wildman–Crippen MR) is 193 cm³/mol. The molecule has 0 radical (unpaired) electrons. The Kier molecular flexibility index (Phi) is 6.93. The lowest BCUT2D eigenvalue weighted by molar-refractivity contribution is 0.329. The van der Waals surface area contributed by atoms with Crippen LogP contribution in [0.3, 0.4) is 0 Å². The highest BCUT2D eigenvalue weighted by Gasteiger charge is 2.38. The van der Waals surface area contributed by atoms with Crippen LogP contribution >= 0.6 is 0 Å². The summed E-state index contributed by atoms with van der Waals surface area (Å²) in [6.07, 6.45) is 0. The van der Waals surface area contributed by atoms with Gasteiger partial charge in [0.2, 0.25) is 40.2 Å². The molecule has 7 aromatic carbocycles. The predicted octanol–water partition coefficient (Wildman–Crippen LogP) is 5.89. The van der Waals surface area contributed by atoms with Gasteiger partial charge >= 0.3 is 0 Å². The number of aromatic hydroxyl groups is 17. The zero-order valence-corrected chi connectivity index (χ0v) is 27.6. The third-order valence-electron chi connectivity index (χ3n) is 9.73. The Bertz CT molecular complexity index is 2970. The minimum atomic E-state index is -1.61. The van der Waals surface area contributed by atoms with Gasteiger partial charge in [-0.3, -0.25) is 0 Å². The molecule has 0 bridgehead atoms. The van der Waals surface area contributed by atoms with Crippen molar-refractivity contribution in [3.63, 3.8) is 0 Å². The molecule has 0 unspecified atom stereocenters. The Labute approximate surface area is 308 Å². The van der Waals surface area contributed by atoms with Gasteiger partial charge in [0.05, 0.1) is 16.7 Å². The first-order chi connectivity index (χ1) is 26.4. The molecule has 0 amide bonds. The fourth-order valence-corrected chi connectivity index (χ4v) is 7.13. The van der Waals surface area contributed by atoms with Crippen molar-refractivity contribution in [3.05, 3.63) is 42.5 Å². The molecule has 0 saturated heterocycles. The van der Waals surface area contributed by atoms with Crippen LogP contribution in [0.5, 0.6) is 97.7 Å². The van der Waals surface area contributed by atoms with E-state index in [2.05, 4.69) is 0 Å². The third kappa shape index (κ3) is 4.13. The number of fused-ring (bicyclic) bond motifs is 5. The summed E-state index contributed by atoms with van der Waals surface area (Å²) in [4.78, 5) is 0. The highest BCUT2D eigenvalue weighted by molar-refractivity contribution is 6.30. The number of furan rings is 1. The maximum absolute atomic E-state index is 11.6. The summed E-state index contributed by atoms with van der Waals surface area (Å²) in [5.41, 5.74) is -4.61. The second-order valence-corrected chi connectivity index (χ2v) is 12.6. The van der Waals surface area contributed by atoms with E-state index in [-0.39, 0.29) is 5.56 Å². The van der Waals surface area contributed by atoms with Crippen molar-refractivity contribution in [1.29, 1.82) is 0 Å². The Morgan fingerprint density at radius 2 is 0.589 bits per heavy atom. The maximum Gasteiger partial charge on any atom is 0.208 e. The van der Waals surface area contributed by atoms with Crippen LogP contribution in [0.15, 0.2) is 46.9 Å². The fraction of sp³-hybridized carbons (Fsp3) is 0. The molecule has 17 N–H and O–H groups in total.